The summed E-state index contributed by atoms with van der Waals surface area (Å²) in [6.45, 7) is 3.82. The minimum absolute atomic E-state index is 0.249. The van der Waals surface area contributed by atoms with Crippen molar-refractivity contribution >= 4 is 17.4 Å². The average molecular weight is 272 g/mol. The monoisotopic (exact) mass is 272 g/mol. The Morgan fingerprint density at radius 3 is 2.50 bits per heavy atom. The maximum absolute atomic E-state index is 10.7. The van der Waals surface area contributed by atoms with E-state index < -0.39 is 5.97 Å². The summed E-state index contributed by atoms with van der Waals surface area (Å²) in [5.74, 6) is -0.942. The SMILES string of the molecule is C/C(=N/Nc1ccc(C(=O)O)cc1)c1cn(C)nc1C. The van der Waals surface area contributed by atoms with Gasteiger partial charge in [0.1, 0.15) is 0 Å². The van der Waals surface area contributed by atoms with Gasteiger partial charge in [0.15, 0.2) is 0 Å². The smallest absolute Gasteiger partial charge is 0.335 e. The quantitative estimate of drug-likeness (QED) is 0.661. The molecule has 0 atom stereocenters. The van der Waals surface area contributed by atoms with Crippen LogP contribution in [0.15, 0.2) is 35.6 Å². The summed E-state index contributed by atoms with van der Waals surface area (Å²) in [5.41, 5.74) is 6.59. The third-order valence-electron chi connectivity index (χ3n) is 2.89. The van der Waals surface area contributed by atoms with Gasteiger partial charge in [-0.25, -0.2) is 4.79 Å². The Bertz CT molecular complexity index is 656. The van der Waals surface area contributed by atoms with E-state index in [2.05, 4.69) is 15.6 Å². The van der Waals surface area contributed by atoms with E-state index in [1.807, 2.05) is 27.1 Å². The van der Waals surface area contributed by atoms with Gasteiger partial charge in [0.25, 0.3) is 0 Å². The van der Waals surface area contributed by atoms with E-state index in [9.17, 15) is 4.79 Å². The van der Waals surface area contributed by atoms with Crippen molar-refractivity contribution in [3.05, 3.63) is 47.3 Å². The molecule has 0 bridgehead atoms. The molecule has 0 unspecified atom stereocenters. The lowest BCUT2D eigenvalue weighted by molar-refractivity contribution is 0.0697. The number of carboxylic acids is 1. The summed E-state index contributed by atoms with van der Waals surface area (Å²) in [6.07, 6.45) is 1.91. The van der Waals surface area contributed by atoms with Crippen molar-refractivity contribution in [2.45, 2.75) is 13.8 Å². The summed E-state index contributed by atoms with van der Waals surface area (Å²) in [5, 5.41) is 17.4. The van der Waals surface area contributed by atoms with E-state index >= 15 is 0 Å². The van der Waals surface area contributed by atoms with Crippen LogP contribution in [0.2, 0.25) is 0 Å². The van der Waals surface area contributed by atoms with Gasteiger partial charge in [-0.2, -0.15) is 10.2 Å². The number of carboxylic acid groups (broad SMARTS) is 1. The van der Waals surface area contributed by atoms with E-state index in [1.54, 1.807) is 16.8 Å². The first-order valence-electron chi connectivity index (χ1n) is 6.11. The predicted molar refractivity (Wildman–Crippen MR) is 77.2 cm³/mol. The van der Waals surface area contributed by atoms with Crippen LogP contribution in [0.3, 0.4) is 0 Å². The third-order valence-corrected chi connectivity index (χ3v) is 2.89. The molecule has 0 fully saturated rings. The molecular formula is C14H16N4O2. The molecule has 2 N–H and O–H groups in total. The van der Waals surface area contributed by atoms with Crippen molar-refractivity contribution in [2.24, 2.45) is 12.1 Å². The molecule has 104 valence electrons. The fourth-order valence-electron chi connectivity index (χ4n) is 1.85. The lowest BCUT2D eigenvalue weighted by Crippen LogP contribution is -2.01. The molecule has 0 aliphatic heterocycles. The fraction of sp³-hybridized carbons (Fsp3) is 0.214. The zero-order valence-corrected chi connectivity index (χ0v) is 11.6. The zero-order valence-electron chi connectivity index (χ0n) is 11.6. The van der Waals surface area contributed by atoms with Gasteiger partial charge in [-0.15, -0.1) is 0 Å². The maximum Gasteiger partial charge on any atom is 0.335 e. The van der Waals surface area contributed by atoms with Gasteiger partial charge in [-0.1, -0.05) is 0 Å². The van der Waals surface area contributed by atoms with Crippen LogP contribution in [0.1, 0.15) is 28.5 Å². The Balaban J connectivity index is 2.12. The number of hydrogen-bond acceptors (Lipinski definition) is 4. The van der Waals surface area contributed by atoms with Crippen molar-refractivity contribution in [1.82, 2.24) is 9.78 Å². The molecule has 2 aromatic rings. The third kappa shape index (κ3) is 3.03. The molecule has 1 aromatic heterocycles. The number of rotatable bonds is 4. The lowest BCUT2D eigenvalue weighted by Gasteiger charge is -2.03. The van der Waals surface area contributed by atoms with Gasteiger partial charge in [-0.3, -0.25) is 10.1 Å². The number of aryl methyl sites for hydroxylation is 2. The van der Waals surface area contributed by atoms with Gasteiger partial charge in [0.05, 0.1) is 22.7 Å². The molecular weight excluding hydrogens is 256 g/mol. The van der Waals surface area contributed by atoms with Gasteiger partial charge < -0.3 is 5.11 Å². The maximum atomic E-state index is 10.7. The van der Waals surface area contributed by atoms with E-state index in [0.717, 1.165) is 22.7 Å². The minimum atomic E-state index is -0.942. The van der Waals surface area contributed by atoms with Crippen molar-refractivity contribution in [3.63, 3.8) is 0 Å². The second-order valence-electron chi connectivity index (χ2n) is 4.49. The summed E-state index contributed by atoms with van der Waals surface area (Å²) < 4.78 is 1.74. The van der Waals surface area contributed by atoms with E-state index in [1.165, 1.54) is 12.1 Å². The predicted octanol–water partition coefficient (Wildman–Crippen LogP) is 2.26. The Hall–Kier alpha value is -2.63. The number of hydrogen-bond donors (Lipinski definition) is 2. The number of aromatic carboxylic acids is 1. The number of aromatic nitrogens is 2. The number of nitrogens with one attached hydrogen (secondary N) is 1. The normalized spacial score (nSPS) is 11.4. The molecule has 0 saturated heterocycles. The fourth-order valence-corrected chi connectivity index (χ4v) is 1.85. The highest BCUT2D eigenvalue weighted by atomic mass is 16.4. The van der Waals surface area contributed by atoms with Gasteiger partial charge >= 0.3 is 5.97 Å². The van der Waals surface area contributed by atoms with Crippen LogP contribution >= 0.6 is 0 Å². The van der Waals surface area contributed by atoms with E-state index in [0.29, 0.717) is 0 Å². The van der Waals surface area contributed by atoms with E-state index in [-0.39, 0.29) is 5.56 Å². The van der Waals surface area contributed by atoms with Gasteiger partial charge in [0, 0.05) is 18.8 Å². The first-order chi connectivity index (χ1) is 9.47. The van der Waals surface area contributed by atoms with Crippen molar-refractivity contribution < 1.29 is 9.90 Å². The van der Waals surface area contributed by atoms with Crippen LogP contribution in [0, 0.1) is 6.92 Å². The standard InChI is InChI=1S/C14H16N4O2/c1-9(13-8-18(3)17-10(13)2)15-16-12-6-4-11(5-7-12)14(19)20/h4-8,16H,1-3H3,(H,19,20)/b15-9-. The van der Waals surface area contributed by atoms with E-state index in [4.69, 9.17) is 5.11 Å². The van der Waals surface area contributed by atoms with Crippen molar-refractivity contribution in [2.75, 3.05) is 5.43 Å². The summed E-state index contributed by atoms with van der Waals surface area (Å²) in [7, 11) is 1.86. The van der Waals surface area contributed by atoms with Crippen molar-refractivity contribution in [3.8, 4) is 0 Å². The highest BCUT2D eigenvalue weighted by Gasteiger charge is 2.06. The molecule has 20 heavy (non-hydrogen) atoms. The first kappa shape index (κ1) is 13.8. The molecule has 1 heterocycles. The van der Waals surface area contributed by atoms with Crippen LogP contribution < -0.4 is 5.43 Å². The summed E-state index contributed by atoms with van der Waals surface area (Å²) in [6, 6.07) is 6.42. The van der Waals surface area contributed by atoms with Gasteiger partial charge in [-0.05, 0) is 38.1 Å². The number of hydrazone groups is 1. The highest BCUT2D eigenvalue weighted by Crippen LogP contribution is 2.11. The topological polar surface area (TPSA) is 79.5 Å². The van der Waals surface area contributed by atoms with Gasteiger partial charge in [0.2, 0.25) is 0 Å². The molecule has 6 nitrogen and oxygen atoms in total. The Kier molecular flexibility index (Phi) is 3.84. The Morgan fingerprint density at radius 2 is 2.00 bits per heavy atom. The highest BCUT2D eigenvalue weighted by molar-refractivity contribution is 5.99. The molecule has 0 spiro atoms. The molecule has 0 aliphatic carbocycles. The second-order valence-corrected chi connectivity index (χ2v) is 4.49. The number of anilines is 1. The minimum Gasteiger partial charge on any atom is -0.478 e. The molecule has 1 aromatic carbocycles. The molecule has 0 amide bonds. The number of carbonyl (C=O) groups is 1. The lowest BCUT2D eigenvalue weighted by atomic mass is 10.2. The largest absolute Gasteiger partial charge is 0.478 e. The van der Waals surface area contributed by atoms with Crippen LogP contribution in [0.5, 0.6) is 0 Å². The number of nitrogens with zero attached hydrogens (tertiary/aromatic N) is 3. The van der Waals surface area contributed by atoms with Crippen LogP contribution in [0.4, 0.5) is 5.69 Å². The molecule has 6 heteroatoms. The Labute approximate surface area is 116 Å². The average Bonchev–Trinajstić information content (AvgIpc) is 2.75. The summed E-state index contributed by atoms with van der Waals surface area (Å²) in [4.78, 5) is 10.7. The zero-order chi connectivity index (χ0) is 14.7. The van der Waals surface area contributed by atoms with Crippen LogP contribution in [-0.2, 0) is 7.05 Å². The second kappa shape index (κ2) is 5.56. The van der Waals surface area contributed by atoms with Crippen LogP contribution in [0.25, 0.3) is 0 Å². The molecule has 2 rings (SSSR count). The molecule has 0 saturated carbocycles. The Morgan fingerprint density at radius 1 is 1.35 bits per heavy atom. The molecule has 0 aliphatic rings. The summed E-state index contributed by atoms with van der Waals surface area (Å²) >= 11 is 0. The van der Waals surface area contributed by atoms with Crippen LogP contribution in [-0.4, -0.2) is 26.6 Å². The van der Waals surface area contributed by atoms with Crippen molar-refractivity contribution in [1.29, 1.82) is 0 Å². The molecule has 0 radical (unpaired) electrons. The first-order valence-corrected chi connectivity index (χ1v) is 6.11. The number of benzene rings is 1.